The number of hydrogen-bond donors (Lipinski definition) is 1. The van der Waals surface area contributed by atoms with Gasteiger partial charge in [0, 0.05) is 5.02 Å². The van der Waals surface area contributed by atoms with Crippen molar-refractivity contribution in [3.05, 3.63) is 34.3 Å². The molecule has 0 aliphatic rings. The van der Waals surface area contributed by atoms with Gasteiger partial charge in [0.1, 0.15) is 0 Å². The first-order valence-electron chi connectivity index (χ1n) is 3.10. The summed E-state index contributed by atoms with van der Waals surface area (Å²) in [6.07, 6.45) is 0. The zero-order valence-electron chi connectivity index (χ0n) is 6.37. The van der Waals surface area contributed by atoms with Crippen molar-refractivity contribution >= 4 is 30.0 Å². The summed E-state index contributed by atoms with van der Waals surface area (Å²) in [4.78, 5) is 10.4. The first kappa shape index (κ1) is 11.3. The first-order chi connectivity index (χ1) is 5.11. The Hall–Kier alpha value is -0.730. The van der Waals surface area contributed by atoms with Gasteiger partial charge in [0.25, 0.3) is 0 Å². The Morgan fingerprint density at radius 1 is 1.50 bits per heavy atom. The molecule has 0 unspecified atom stereocenters. The Kier molecular flexibility index (Phi) is 4.07. The zero-order chi connectivity index (χ0) is 8.43. The van der Waals surface area contributed by atoms with Gasteiger partial charge in [-0.15, -0.1) is 12.4 Å². The third kappa shape index (κ3) is 2.40. The van der Waals surface area contributed by atoms with E-state index in [0.717, 1.165) is 5.56 Å². The van der Waals surface area contributed by atoms with Crippen LogP contribution in [0.3, 0.4) is 0 Å². The van der Waals surface area contributed by atoms with Gasteiger partial charge in [-0.2, -0.15) is 0 Å². The Balaban J connectivity index is 0.00000121. The summed E-state index contributed by atoms with van der Waals surface area (Å²) in [6, 6.07) is 4.66. The Bertz CT molecular complexity index is 297. The molecule has 1 rings (SSSR count). The van der Waals surface area contributed by atoms with E-state index >= 15 is 0 Å². The molecule has 0 spiro atoms. The second kappa shape index (κ2) is 4.33. The molecule has 2 nitrogen and oxygen atoms in total. The van der Waals surface area contributed by atoms with Gasteiger partial charge in [-0.25, -0.2) is 4.79 Å². The topological polar surface area (TPSA) is 37.3 Å². The van der Waals surface area contributed by atoms with Crippen LogP contribution < -0.4 is 0 Å². The number of hydrogen-bond acceptors (Lipinski definition) is 1. The number of halogens is 2. The van der Waals surface area contributed by atoms with Gasteiger partial charge in [0.15, 0.2) is 0 Å². The molecular formula is C8H8Cl2O2. The van der Waals surface area contributed by atoms with E-state index in [1.807, 2.05) is 6.92 Å². The van der Waals surface area contributed by atoms with E-state index < -0.39 is 5.97 Å². The minimum atomic E-state index is -0.952. The van der Waals surface area contributed by atoms with Crippen LogP contribution in [0.5, 0.6) is 0 Å². The molecule has 1 N–H and O–H groups in total. The second-order valence-corrected chi connectivity index (χ2v) is 2.68. The lowest BCUT2D eigenvalue weighted by molar-refractivity contribution is 0.0697. The lowest BCUT2D eigenvalue weighted by Crippen LogP contribution is -1.95. The van der Waals surface area contributed by atoms with Crippen molar-refractivity contribution in [3.8, 4) is 0 Å². The molecule has 0 aliphatic carbocycles. The Labute approximate surface area is 81.6 Å². The van der Waals surface area contributed by atoms with Crippen molar-refractivity contribution in [2.45, 2.75) is 6.92 Å². The van der Waals surface area contributed by atoms with Gasteiger partial charge in [0.05, 0.1) is 5.56 Å². The lowest BCUT2D eigenvalue weighted by atomic mass is 10.1. The molecule has 0 fully saturated rings. The lowest BCUT2D eigenvalue weighted by Gasteiger charge is -1.97. The number of benzene rings is 1. The molecule has 4 heteroatoms. The van der Waals surface area contributed by atoms with Crippen LogP contribution in [-0.4, -0.2) is 11.1 Å². The van der Waals surface area contributed by atoms with Crippen molar-refractivity contribution in [2.75, 3.05) is 0 Å². The third-order valence-corrected chi connectivity index (χ3v) is 1.83. The van der Waals surface area contributed by atoms with Gasteiger partial charge in [0.2, 0.25) is 0 Å². The smallest absolute Gasteiger partial charge is 0.335 e. The maximum Gasteiger partial charge on any atom is 0.335 e. The summed E-state index contributed by atoms with van der Waals surface area (Å²) in [6.45, 7) is 1.83. The van der Waals surface area contributed by atoms with E-state index in [0.29, 0.717) is 5.02 Å². The van der Waals surface area contributed by atoms with Crippen LogP contribution in [0.25, 0.3) is 0 Å². The summed E-state index contributed by atoms with van der Waals surface area (Å²) in [5, 5.41) is 9.03. The number of aromatic carboxylic acids is 1. The highest BCUT2D eigenvalue weighted by molar-refractivity contribution is 6.31. The molecule has 12 heavy (non-hydrogen) atoms. The normalized spacial score (nSPS) is 8.83. The molecule has 0 atom stereocenters. The van der Waals surface area contributed by atoms with Crippen LogP contribution in [0.15, 0.2) is 18.2 Å². The molecule has 0 bridgehead atoms. The maximum atomic E-state index is 10.4. The van der Waals surface area contributed by atoms with Crippen molar-refractivity contribution in [1.82, 2.24) is 0 Å². The molecule has 0 saturated heterocycles. The van der Waals surface area contributed by atoms with E-state index in [1.165, 1.54) is 12.1 Å². The van der Waals surface area contributed by atoms with E-state index in [4.69, 9.17) is 16.7 Å². The highest BCUT2D eigenvalue weighted by atomic mass is 35.5. The third-order valence-electron chi connectivity index (χ3n) is 1.42. The predicted octanol–water partition coefficient (Wildman–Crippen LogP) is 2.77. The molecule has 1 aromatic rings. The molecule has 0 saturated carbocycles. The quantitative estimate of drug-likeness (QED) is 0.768. The van der Waals surface area contributed by atoms with Crippen LogP contribution in [0.1, 0.15) is 15.9 Å². The van der Waals surface area contributed by atoms with E-state index in [9.17, 15) is 4.79 Å². The van der Waals surface area contributed by atoms with E-state index in [-0.39, 0.29) is 18.0 Å². The summed E-state index contributed by atoms with van der Waals surface area (Å²) in [7, 11) is 0. The fraction of sp³-hybridized carbons (Fsp3) is 0.125. The summed E-state index contributed by atoms with van der Waals surface area (Å²) >= 11 is 5.69. The molecule has 66 valence electrons. The minimum absolute atomic E-state index is 0. The van der Waals surface area contributed by atoms with Crippen LogP contribution in [0, 0.1) is 6.92 Å². The average Bonchev–Trinajstić information content (AvgIpc) is 1.94. The summed E-state index contributed by atoms with van der Waals surface area (Å²) in [5.41, 5.74) is 1.11. The molecule has 0 heterocycles. The van der Waals surface area contributed by atoms with E-state index in [1.54, 1.807) is 6.07 Å². The van der Waals surface area contributed by atoms with Crippen LogP contribution in [0.4, 0.5) is 0 Å². The van der Waals surface area contributed by atoms with Gasteiger partial charge in [-0.05, 0) is 24.6 Å². The van der Waals surface area contributed by atoms with Gasteiger partial charge in [-0.3, -0.25) is 0 Å². The fourth-order valence-electron chi connectivity index (χ4n) is 0.726. The maximum absolute atomic E-state index is 10.4. The number of rotatable bonds is 1. The molecular weight excluding hydrogens is 199 g/mol. The summed E-state index contributed by atoms with van der Waals surface area (Å²) < 4.78 is 0. The standard InChI is InChI=1S/C8H7ClO2.ClH/c1-5-2-3-6(8(10)11)4-7(5)9;/h2-4H,1H3,(H,10,11);1H. The molecule has 0 aliphatic heterocycles. The monoisotopic (exact) mass is 206 g/mol. The van der Waals surface area contributed by atoms with E-state index in [2.05, 4.69) is 0 Å². The Morgan fingerprint density at radius 2 is 2.08 bits per heavy atom. The van der Waals surface area contributed by atoms with Gasteiger partial charge >= 0.3 is 5.97 Å². The number of aryl methyl sites for hydroxylation is 1. The zero-order valence-corrected chi connectivity index (χ0v) is 7.95. The van der Waals surface area contributed by atoms with Crippen molar-refractivity contribution in [1.29, 1.82) is 0 Å². The van der Waals surface area contributed by atoms with Crippen LogP contribution in [0.2, 0.25) is 5.02 Å². The average molecular weight is 207 g/mol. The van der Waals surface area contributed by atoms with Crippen molar-refractivity contribution in [2.24, 2.45) is 0 Å². The highest BCUT2D eigenvalue weighted by Gasteiger charge is 2.03. The van der Waals surface area contributed by atoms with Crippen molar-refractivity contribution < 1.29 is 9.90 Å². The fourth-order valence-corrected chi connectivity index (χ4v) is 0.906. The SMILES string of the molecule is Cc1ccc(C(=O)O)cc1Cl.Cl. The highest BCUT2D eigenvalue weighted by Crippen LogP contribution is 2.16. The van der Waals surface area contributed by atoms with Gasteiger partial charge in [-0.1, -0.05) is 17.7 Å². The van der Waals surface area contributed by atoms with Crippen LogP contribution >= 0.6 is 24.0 Å². The minimum Gasteiger partial charge on any atom is -0.478 e. The van der Waals surface area contributed by atoms with Crippen LogP contribution in [-0.2, 0) is 0 Å². The number of carbonyl (C=O) groups is 1. The molecule has 0 radical (unpaired) electrons. The number of carboxylic acids is 1. The van der Waals surface area contributed by atoms with Gasteiger partial charge < -0.3 is 5.11 Å². The Morgan fingerprint density at radius 3 is 2.50 bits per heavy atom. The molecule has 1 aromatic carbocycles. The predicted molar refractivity (Wildman–Crippen MR) is 50.4 cm³/mol. The second-order valence-electron chi connectivity index (χ2n) is 2.27. The number of carboxylic acid groups (broad SMARTS) is 1. The molecule has 0 aromatic heterocycles. The molecule has 0 amide bonds. The summed E-state index contributed by atoms with van der Waals surface area (Å²) in [5.74, 6) is -0.952. The first-order valence-corrected chi connectivity index (χ1v) is 3.48. The van der Waals surface area contributed by atoms with Crippen molar-refractivity contribution in [3.63, 3.8) is 0 Å². The largest absolute Gasteiger partial charge is 0.478 e.